The molecule has 1 aromatic carbocycles. The highest BCUT2D eigenvalue weighted by molar-refractivity contribution is 6.30. The normalized spacial score (nSPS) is 24.1. The van der Waals surface area contributed by atoms with Crippen LogP contribution in [0.3, 0.4) is 0 Å². The van der Waals surface area contributed by atoms with Crippen molar-refractivity contribution < 1.29 is 9.59 Å². The van der Waals surface area contributed by atoms with Gasteiger partial charge in [-0.25, -0.2) is 4.68 Å². The Kier molecular flexibility index (Phi) is 5.03. The van der Waals surface area contributed by atoms with E-state index in [0.717, 1.165) is 30.6 Å². The van der Waals surface area contributed by atoms with Crippen molar-refractivity contribution in [2.24, 2.45) is 0 Å². The average Bonchev–Trinajstić information content (AvgIpc) is 3.35. The molecular formula is C18H22ClN7O2. The second-order valence-corrected chi connectivity index (χ2v) is 7.85. The second kappa shape index (κ2) is 7.48. The van der Waals surface area contributed by atoms with E-state index >= 15 is 0 Å². The largest absolute Gasteiger partial charge is 0.350 e. The molecule has 2 aromatic rings. The molecule has 148 valence electrons. The van der Waals surface area contributed by atoms with Gasteiger partial charge in [0, 0.05) is 18.1 Å². The molecule has 1 aromatic heterocycles. The maximum atomic E-state index is 12.8. The first kappa shape index (κ1) is 18.8. The first-order chi connectivity index (χ1) is 13.5. The first-order valence-corrected chi connectivity index (χ1v) is 9.71. The van der Waals surface area contributed by atoms with Crippen molar-refractivity contribution in [2.45, 2.75) is 44.3 Å². The molecule has 2 saturated heterocycles. The second-order valence-electron chi connectivity index (χ2n) is 7.41. The highest BCUT2D eigenvalue weighted by atomic mass is 35.5. The molecule has 0 bridgehead atoms. The van der Waals surface area contributed by atoms with Crippen molar-refractivity contribution in [3.63, 3.8) is 0 Å². The molecule has 2 aliphatic rings. The van der Waals surface area contributed by atoms with Gasteiger partial charge in [-0.2, -0.15) is 0 Å². The van der Waals surface area contributed by atoms with Gasteiger partial charge in [-0.15, -0.1) is 5.10 Å². The Morgan fingerprint density at radius 3 is 2.93 bits per heavy atom. The summed E-state index contributed by atoms with van der Waals surface area (Å²) in [5.74, 6) is -0.148. The molecule has 0 radical (unpaired) electrons. The number of nitrogens with one attached hydrogen (secondary N) is 2. The molecule has 0 saturated carbocycles. The Balaban J connectivity index is 1.46. The standard InChI is InChI=1S/C18H22ClN7O2/c1-18(6-7-21-18)17(28)25-8-2-3-15(25)16(27)20-10-12-9-13(19)4-5-14(12)26-11-22-23-24-26/h4-5,9,11,15,21H,2-3,6-8,10H2,1H3,(H,20,27). The lowest BCUT2D eigenvalue weighted by Gasteiger charge is -2.42. The molecular weight excluding hydrogens is 382 g/mol. The number of rotatable bonds is 5. The minimum Gasteiger partial charge on any atom is -0.350 e. The summed E-state index contributed by atoms with van der Waals surface area (Å²) in [5, 5.41) is 17.9. The molecule has 2 unspecified atom stereocenters. The number of carbonyl (C=O) groups excluding carboxylic acids is 2. The number of likely N-dealkylation sites (tertiary alicyclic amines) is 1. The van der Waals surface area contributed by atoms with Crippen LogP contribution in [0.15, 0.2) is 24.5 Å². The number of hydrogen-bond acceptors (Lipinski definition) is 6. The van der Waals surface area contributed by atoms with Crippen molar-refractivity contribution in [3.8, 4) is 5.69 Å². The van der Waals surface area contributed by atoms with Gasteiger partial charge in [0.05, 0.1) is 11.2 Å². The molecule has 2 amide bonds. The number of aromatic nitrogens is 4. The van der Waals surface area contributed by atoms with Gasteiger partial charge in [0.1, 0.15) is 12.4 Å². The Labute approximate surface area is 167 Å². The van der Waals surface area contributed by atoms with Gasteiger partial charge in [-0.05, 0) is 66.9 Å². The highest BCUT2D eigenvalue weighted by Gasteiger charge is 2.46. The number of benzene rings is 1. The SMILES string of the molecule is CC1(C(=O)N2CCCC2C(=O)NCc2cc(Cl)ccc2-n2cnnn2)CCN1. The van der Waals surface area contributed by atoms with Crippen molar-refractivity contribution in [1.82, 2.24) is 35.7 Å². The fourth-order valence-corrected chi connectivity index (χ4v) is 3.97. The molecule has 2 fully saturated rings. The topological polar surface area (TPSA) is 105 Å². The van der Waals surface area contributed by atoms with Crippen LogP contribution in [0.4, 0.5) is 0 Å². The van der Waals surface area contributed by atoms with Crippen LogP contribution in [-0.4, -0.2) is 61.6 Å². The molecule has 4 rings (SSSR count). The Hall–Kier alpha value is -2.52. The summed E-state index contributed by atoms with van der Waals surface area (Å²) < 4.78 is 1.52. The summed E-state index contributed by atoms with van der Waals surface area (Å²) in [6.07, 6.45) is 3.78. The fourth-order valence-electron chi connectivity index (χ4n) is 3.77. The number of amides is 2. The van der Waals surface area contributed by atoms with Crippen LogP contribution in [0, 0.1) is 0 Å². The quantitative estimate of drug-likeness (QED) is 0.760. The number of hydrogen-bond donors (Lipinski definition) is 2. The van der Waals surface area contributed by atoms with Crippen LogP contribution < -0.4 is 10.6 Å². The van der Waals surface area contributed by atoms with E-state index in [1.54, 1.807) is 23.1 Å². The molecule has 10 heteroatoms. The molecule has 28 heavy (non-hydrogen) atoms. The van der Waals surface area contributed by atoms with Crippen molar-refractivity contribution in [3.05, 3.63) is 35.1 Å². The molecule has 2 aliphatic heterocycles. The van der Waals surface area contributed by atoms with Crippen LogP contribution in [0.2, 0.25) is 5.02 Å². The van der Waals surface area contributed by atoms with Crippen LogP contribution in [0.5, 0.6) is 0 Å². The number of halogens is 1. The maximum Gasteiger partial charge on any atom is 0.243 e. The van der Waals surface area contributed by atoms with Gasteiger partial charge in [0.25, 0.3) is 0 Å². The van der Waals surface area contributed by atoms with E-state index in [-0.39, 0.29) is 18.4 Å². The summed E-state index contributed by atoms with van der Waals surface area (Å²) in [6, 6.07) is 4.88. The predicted molar refractivity (Wildman–Crippen MR) is 102 cm³/mol. The fraction of sp³-hybridized carbons (Fsp3) is 0.500. The molecule has 9 nitrogen and oxygen atoms in total. The van der Waals surface area contributed by atoms with Crippen LogP contribution in [0.1, 0.15) is 31.7 Å². The molecule has 2 N–H and O–H groups in total. The van der Waals surface area contributed by atoms with Gasteiger partial charge in [-0.3, -0.25) is 9.59 Å². The van der Waals surface area contributed by atoms with Crippen LogP contribution in [-0.2, 0) is 16.1 Å². The van der Waals surface area contributed by atoms with Crippen LogP contribution >= 0.6 is 11.6 Å². The van der Waals surface area contributed by atoms with Gasteiger partial charge >= 0.3 is 0 Å². The van der Waals surface area contributed by atoms with Gasteiger partial charge in [0.2, 0.25) is 11.8 Å². The Morgan fingerprint density at radius 1 is 1.43 bits per heavy atom. The van der Waals surface area contributed by atoms with Gasteiger partial charge < -0.3 is 15.5 Å². The first-order valence-electron chi connectivity index (χ1n) is 9.33. The Morgan fingerprint density at radius 2 is 2.25 bits per heavy atom. The van der Waals surface area contributed by atoms with E-state index in [9.17, 15) is 9.59 Å². The maximum absolute atomic E-state index is 12.8. The molecule has 3 heterocycles. The average molecular weight is 404 g/mol. The highest BCUT2D eigenvalue weighted by Crippen LogP contribution is 2.27. The van der Waals surface area contributed by atoms with Gasteiger partial charge in [-0.1, -0.05) is 11.6 Å². The zero-order chi connectivity index (χ0) is 19.7. The zero-order valence-corrected chi connectivity index (χ0v) is 16.3. The summed E-state index contributed by atoms with van der Waals surface area (Å²) in [7, 11) is 0. The molecule has 0 aliphatic carbocycles. The van der Waals surface area contributed by atoms with E-state index in [1.807, 2.05) is 6.92 Å². The summed E-state index contributed by atoms with van der Waals surface area (Å²) in [6.45, 7) is 3.61. The third-order valence-electron chi connectivity index (χ3n) is 5.52. The monoisotopic (exact) mass is 403 g/mol. The van der Waals surface area contributed by atoms with Gasteiger partial charge in [0.15, 0.2) is 0 Å². The van der Waals surface area contributed by atoms with Crippen molar-refractivity contribution >= 4 is 23.4 Å². The minimum atomic E-state index is -0.539. The third-order valence-corrected chi connectivity index (χ3v) is 5.75. The van der Waals surface area contributed by atoms with Crippen molar-refractivity contribution in [2.75, 3.05) is 13.1 Å². The summed E-state index contributed by atoms with van der Waals surface area (Å²) in [5.41, 5.74) is 0.986. The number of tetrazole rings is 1. The lowest BCUT2D eigenvalue weighted by atomic mass is 9.88. The molecule has 2 atom stereocenters. The molecule has 0 spiro atoms. The predicted octanol–water partition coefficient (Wildman–Crippen LogP) is 0.675. The van der Waals surface area contributed by atoms with E-state index in [4.69, 9.17) is 11.6 Å². The smallest absolute Gasteiger partial charge is 0.243 e. The summed E-state index contributed by atoms with van der Waals surface area (Å²) >= 11 is 6.12. The lowest BCUT2D eigenvalue weighted by Crippen LogP contribution is -2.65. The minimum absolute atomic E-state index is 0.00790. The number of carbonyl (C=O) groups is 2. The van der Waals surface area contributed by atoms with Crippen molar-refractivity contribution in [1.29, 1.82) is 0 Å². The van der Waals surface area contributed by atoms with E-state index < -0.39 is 11.6 Å². The van der Waals surface area contributed by atoms with E-state index in [2.05, 4.69) is 26.2 Å². The lowest BCUT2D eigenvalue weighted by molar-refractivity contribution is -0.145. The van der Waals surface area contributed by atoms with Crippen LogP contribution in [0.25, 0.3) is 5.69 Å². The third kappa shape index (κ3) is 3.47. The van der Waals surface area contributed by atoms with E-state index in [0.29, 0.717) is 18.0 Å². The Bertz CT molecular complexity index is 882. The van der Waals surface area contributed by atoms with E-state index in [1.165, 1.54) is 11.0 Å². The number of nitrogens with zero attached hydrogens (tertiary/aromatic N) is 5. The summed E-state index contributed by atoms with van der Waals surface area (Å²) in [4.78, 5) is 27.4. The zero-order valence-electron chi connectivity index (χ0n) is 15.6.